The molecule has 1 saturated heterocycles. The van der Waals surface area contributed by atoms with Crippen molar-refractivity contribution < 1.29 is 4.74 Å². The second kappa shape index (κ2) is 1.49. The highest BCUT2D eigenvalue weighted by atomic mass is 16.5. The number of fused-ring (bicyclic) bond motifs is 1. The fourth-order valence-corrected chi connectivity index (χ4v) is 1.24. The lowest BCUT2D eigenvalue weighted by atomic mass is 10.2. The smallest absolute Gasteiger partial charge is 0.110 e. The van der Waals surface area contributed by atoms with Gasteiger partial charge in [-0.15, -0.1) is 0 Å². The van der Waals surface area contributed by atoms with Crippen molar-refractivity contribution in [1.29, 1.82) is 0 Å². The van der Waals surface area contributed by atoms with Crippen LogP contribution in [0.4, 0.5) is 0 Å². The summed E-state index contributed by atoms with van der Waals surface area (Å²) < 4.78 is 5.28. The van der Waals surface area contributed by atoms with E-state index >= 15 is 0 Å². The summed E-state index contributed by atoms with van der Waals surface area (Å²) in [5, 5.41) is 3.30. The van der Waals surface area contributed by atoms with Crippen molar-refractivity contribution in [3.05, 3.63) is 11.8 Å². The van der Waals surface area contributed by atoms with Gasteiger partial charge in [0.1, 0.15) is 5.76 Å². The van der Waals surface area contributed by atoms with E-state index in [-0.39, 0.29) is 0 Å². The van der Waals surface area contributed by atoms with Crippen molar-refractivity contribution in [2.75, 3.05) is 13.2 Å². The second-order valence-corrected chi connectivity index (χ2v) is 2.20. The molecular weight excluding hydrogens is 102 g/mol. The monoisotopic (exact) mass is 111 g/mol. The molecule has 44 valence electrons. The third-order valence-corrected chi connectivity index (χ3v) is 1.69. The minimum absolute atomic E-state index is 0.565. The minimum atomic E-state index is 0.565. The van der Waals surface area contributed by atoms with Gasteiger partial charge in [-0.3, -0.25) is 0 Å². The molecule has 1 fully saturated rings. The van der Waals surface area contributed by atoms with Crippen molar-refractivity contribution in [2.45, 2.75) is 12.5 Å². The maximum absolute atomic E-state index is 5.28. The van der Waals surface area contributed by atoms with Crippen molar-refractivity contribution in [3.8, 4) is 0 Å². The minimum Gasteiger partial charge on any atom is -0.496 e. The topological polar surface area (TPSA) is 21.3 Å². The van der Waals surface area contributed by atoms with Crippen LogP contribution in [-0.2, 0) is 4.74 Å². The molecule has 0 amide bonds. The Hall–Kier alpha value is -0.500. The summed E-state index contributed by atoms with van der Waals surface area (Å²) in [6.45, 7) is 1.91. The molecular formula is C6H9NO. The van der Waals surface area contributed by atoms with E-state index in [4.69, 9.17) is 4.74 Å². The summed E-state index contributed by atoms with van der Waals surface area (Å²) in [4.78, 5) is 0. The van der Waals surface area contributed by atoms with Gasteiger partial charge in [-0.1, -0.05) is 0 Å². The highest BCUT2D eigenvalue weighted by molar-refractivity contribution is 5.13. The van der Waals surface area contributed by atoms with Crippen LogP contribution in [0.5, 0.6) is 0 Å². The summed E-state index contributed by atoms with van der Waals surface area (Å²) in [6.07, 6.45) is 3.28. The van der Waals surface area contributed by atoms with Gasteiger partial charge in [-0.25, -0.2) is 0 Å². The Bertz CT molecular complexity index is 130. The highest BCUT2D eigenvalue weighted by Gasteiger charge is 2.24. The molecule has 0 spiro atoms. The molecule has 0 saturated carbocycles. The second-order valence-electron chi connectivity index (χ2n) is 2.20. The van der Waals surface area contributed by atoms with E-state index in [0.29, 0.717) is 6.04 Å². The summed E-state index contributed by atoms with van der Waals surface area (Å²) >= 11 is 0. The zero-order valence-corrected chi connectivity index (χ0v) is 4.68. The number of rotatable bonds is 0. The van der Waals surface area contributed by atoms with E-state index in [1.54, 1.807) is 0 Å². The molecule has 0 bridgehead atoms. The van der Waals surface area contributed by atoms with Gasteiger partial charge in [0.25, 0.3) is 0 Å². The van der Waals surface area contributed by atoms with Gasteiger partial charge in [0.05, 0.1) is 12.6 Å². The summed E-state index contributed by atoms with van der Waals surface area (Å²) in [5.74, 6) is 1.17. The lowest BCUT2D eigenvalue weighted by Gasteiger charge is -1.99. The van der Waals surface area contributed by atoms with Gasteiger partial charge < -0.3 is 10.1 Å². The standard InChI is InChI=1S/C6H9NO/c1-3-7-5-2-4-8-6(1)5/h1,5,7H,2-4H2. The number of hydrogen-bond donors (Lipinski definition) is 1. The predicted octanol–water partition coefficient (Wildman–Crippen LogP) is 0.262. The molecule has 2 aliphatic rings. The first-order valence-corrected chi connectivity index (χ1v) is 3.03. The van der Waals surface area contributed by atoms with Crippen LogP contribution in [-0.4, -0.2) is 19.2 Å². The summed E-state index contributed by atoms with van der Waals surface area (Å²) in [6, 6.07) is 0.565. The van der Waals surface area contributed by atoms with Gasteiger partial charge in [0, 0.05) is 13.0 Å². The van der Waals surface area contributed by atoms with Crippen LogP contribution in [0.3, 0.4) is 0 Å². The fourth-order valence-electron chi connectivity index (χ4n) is 1.24. The van der Waals surface area contributed by atoms with Crippen molar-refractivity contribution >= 4 is 0 Å². The van der Waals surface area contributed by atoms with Gasteiger partial charge in [-0.2, -0.15) is 0 Å². The van der Waals surface area contributed by atoms with Crippen LogP contribution in [0.1, 0.15) is 6.42 Å². The Morgan fingerprint density at radius 1 is 1.75 bits per heavy atom. The fraction of sp³-hybridized carbons (Fsp3) is 0.667. The lowest BCUT2D eigenvalue weighted by Crippen LogP contribution is -2.21. The lowest BCUT2D eigenvalue weighted by molar-refractivity contribution is 0.263. The van der Waals surface area contributed by atoms with Crippen molar-refractivity contribution in [3.63, 3.8) is 0 Å². The molecule has 2 rings (SSSR count). The largest absolute Gasteiger partial charge is 0.496 e. The molecule has 0 radical (unpaired) electrons. The average Bonchev–Trinajstić information content (AvgIpc) is 2.15. The van der Waals surface area contributed by atoms with E-state index < -0.39 is 0 Å². The SMILES string of the molecule is C1=C2OCCC2NC1. The maximum Gasteiger partial charge on any atom is 0.110 e. The Morgan fingerprint density at radius 2 is 2.75 bits per heavy atom. The zero-order chi connectivity index (χ0) is 5.40. The van der Waals surface area contributed by atoms with E-state index in [0.717, 1.165) is 19.6 Å². The van der Waals surface area contributed by atoms with Crippen LogP contribution in [0, 0.1) is 0 Å². The van der Waals surface area contributed by atoms with Gasteiger partial charge in [0.15, 0.2) is 0 Å². The highest BCUT2D eigenvalue weighted by Crippen LogP contribution is 2.19. The number of ether oxygens (including phenoxy) is 1. The number of nitrogens with one attached hydrogen (secondary N) is 1. The predicted molar refractivity (Wildman–Crippen MR) is 30.4 cm³/mol. The molecule has 1 unspecified atom stereocenters. The molecule has 2 nitrogen and oxygen atoms in total. The summed E-state index contributed by atoms with van der Waals surface area (Å²) in [7, 11) is 0. The normalized spacial score (nSPS) is 34.0. The van der Waals surface area contributed by atoms with Gasteiger partial charge in [-0.05, 0) is 6.08 Å². The van der Waals surface area contributed by atoms with Crippen LogP contribution >= 0.6 is 0 Å². The van der Waals surface area contributed by atoms with E-state index in [1.807, 2.05) is 0 Å². The van der Waals surface area contributed by atoms with E-state index in [2.05, 4.69) is 11.4 Å². The molecule has 0 aromatic rings. The Balaban J connectivity index is 2.20. The number of hydrogen-bond acceptors (Lipinski definition) is 2. The molecule has 0 aliphatic carbocycles. The first-order valence-electron chi connectivity index (χ1n) is 3.03. The molecule has 8 heavy (non-hydrogen) atoms. The first-order chi connectivity index (χ1) is 3.97. The molecule has 2 heterocycles. The average molecular weight is 111 g/mol. The molecule has 1 atom stereocenters. The Labute approximate surface area is 48.5 Å². The molecule has 2 aliphatic heterocycles. The molecule has 2 heteroatoms. The third-order valence-electron chi connectivity index (χ3n) is 1.69. The molecule has 1 N–H and O–H groups in total. The maximum atomic E-state index is 5.28. The van der Waals surface area contributed by atoms with Crippen LogP contribution in [0.25, 0.3) is 0 Å². The van der Waals surface area contributed by atoms with Crippen LogP contribution < -0.4 is 5.32 Å². The first kappa shape index (κ1) is 4.39. The Morgan fingerprint density at radius 3 is 3.62 bits per heavy atom. The zero-order valence-electron chi connectivity index (χ0n) is 4.68. The van der Waals surface area contributed by atoms with E-state index in [9.17, 15) is 0 Å². The van der Waals surface area contributed by atoms with Crippen molar-refractivity contribution in [2.24, 2.45) is 0 Å². The summed E-state index contributed by atoms with van der Waals surface area (Å²) in [5.41, 5.74) is 0. The van der Waals surface area contributed by atoms with Gasteiger partial charge >= 0.3 is 0 Å². The van der Waals surface area contributed by atoms with Crippen LogP contribution in [0.15, 0.2) is 11.8 Å². The molecule has 0 aromatic carbocycles. The quantitative estimate of drug-likeness (QED) is 0.484. The van der Waals surface area contributed by atoms with Crippen molar-refractivity contribution in [1.82, 2.24) is 5.32 Å². The Kier molecular flexibility index (Phi) is 0.815. The third kappa shape index (κ3) is 0.464. The van der Waals surface area contributed by atoms with Crippen LogP contribution in [0.2, 0.25) is 0 Å². The van der Waals surface area contributed by atoms with Gasteiger partial charge in [0.2, 0.25) is 0 Å². The van der Waals surface area contributed by atoms with E-state index in [1.165, 1.54) is 5.76 Å². The molecule has 0 aromatic heterocycles.